The normalized spacial score (nSPS) is 12.9. The first-order valence-electron chi connectivity index (χ1n) is 21.0. The molecule has 8 aromatic rings. The molecule has 0 unspecified atom stereocenters. The summed E-state index contributed by atoms with van der Waals surface area (Å²) >= 11 is 24.6. The molecule has 0 radical (unpaired) electrons. The minimum Gasteiger partial charge on any atom is -0.0843 e. The van der Waals surface area contributed by atoms with Gasteiger partial charge in [-0.05, 0) is 138 Å². The second kappa shape index (κ2) is 19.8. The minimum atomic E-state index is 0.726. The molecule has 0 nitrogen and oxygen atoms in total. The fourth-order valence-electron chi connectivity index (χ4n) is 7.70. The maximum Gasteiger partial charge on any atom is 0.0406 e. The molecule has 0 aromatic heterocycles. The second-order valence-electron chi connectivity index (χ2n) is 15.5. The average Bonchev–Trinajstić information content (AvgIpc) is 3.32. The third-order valence-corrected chi connectivity index (χ3v) is 12.2. The fourth-order valence-corrected chi connectivity index (χ4v) is 8.21. The first-order chi connectivity index (χ1) is 31.3. The molecule has 0 heterocycles. The van der Waals surface area contributed by atoms with Crippen molar-refractivity contribution in [2.24, 2.45) is 0 Å². The first kappa shape index (κ1) is 42.7. The number of allylic oxidation sites excluding steroid dienone is 4. The lowest BCUT2D eigenvalue weighted by molar-refractivity contribution is 1.50. The smallest absolute Gasteiger partial charge is 0.0406 e. The predicted molar refractivity (Wildman–Crippen MR) is 281 cm³/mol. The summed E-state index contributed by atoms with van der Waals surface area (Å²) in [6, 6.07) is 67.0. The third kappa shape index (κ3) is 10.4. The Morgan fingerprint density at radius 2 is 0.297 bits per heavy atom. The predicted octanol–water partition coefficient (Wildman–Crippen LogP) is 18.5. The summed E-state index contributed by atoms with van der Waals surface area (Å²) in [5.74, 6) is 0. The van der Waals surface area contributed by atoms with Crippen LogP contribution in [0.5, 0.6) is 0 Å². The van der Waals surface area contributed by atoms with Gasteiger partial charge in [0.2, 0.25) is 0 Å². The monoisotopic (exact) mass is 900 g/mol. The van der Waals surface area contributed by atoms with E-state index < -0.39 is 0 Å². The number of hydrogen-bond acceptors (Lipinski definition) is 0. The highest BCUT2D eigenvalue weighted by Gasteiger charge is 2.33. The lowest BCUT2D eigenvalue weighted by Gasteiger charge is -2.33. The number of benzene rings is 8. The Hall–Kier alpha value is -6.64. The zero-order chi connectivity index (χ0) is 43.8. The second-order valence-corrected chi connectivity index (χ2v) is 17.3. The summed E-state index contributed by atoms with van der Waals surface area (Å²) < 4.78 is 0. The molecule has 64 heavy (non-hydrogen) atoms. The van der Waals surface area contributed by atoms with Gasteiger partial charge < -0.3 is 0 Å². The Kier molecular flexibility index (Phi) is 13.2. The van der Waals surface area contributed by atoms with Gasteiger partial charge in [0.25, 0.3) is 0 Å². The van der Waals surface area contributed by atoms with Gasteiger partial charge in [0, 0.05) is 20.1 Å². The zero-order valence-electron chi connectivity index (χ0n) is 34.6. The molecule has 1 aliphatic carbocycles. The van der Waals surface area contributed by atoms with Crippen molar-refractivity contribution in [2.75, 3.05) is 0 Å². The molecule has 0 fully saturated rings. The molecule has 9 rings (SSSR count). The van der Waals surface area contributed by atoms with Crippen molar-refractivity contribution < 1.29 is 0 Å². The van der Waals surface area contributed by atoms with Crippen LogP contribution in [0.2, 0.25) is 20.1 Å². The molecule has 0 N–H and O–H groups in total. The van der Waals surface area contributed by atoms with Crippen LogP contribution in [-0.2, 0) is 0 Å². The van der Waals surface area contributed by atoms with Gasteiger partial charge in [0.15, 0.2) is 0 Å². The van der Waals surface area contributed by atoms with E-state index in [1.165, 1.54) is 22.3 Å². The molecule has 0 spiro atoms. The van der Waals surface area contributed by atoms with Crippen LogP contribution in [0.15, 0.2) is 194 Å². The number of rotatable bonds is 12. The van der Waals surface area contributed by atoms with Crippen molar-refractivity contribution in [3.63, 3.8) is 0 Å². The quantitative estimate of drug-likeness (QED) is 0.107. The molecule has 0 saturated heterocycles. The van der Waals surface area contributed by atoms with Crippen LogP contribution in [0.1, 0.15) is 66.8 Å². The topological polar surface area (TPSA) is 0 Å². The Balaban J connectivity index is 1.12. The summed E-state index contributed by atoms with van der Waals surface area (Å²) in [6.45, 7) is 0. The summed E-state index contributed by atoms with van der Waals surface area (Å²) in [7, 11) is 0. The molecule has 0 aliphatic heterocycles. The molecule has 1 aliphatic rings. The van der Waals surface area contributed by atoms with Crippen molar-refractivity contribution in [1.82, 2.24) is 0 Å². The van der Waals surface area contributed by atoms with E-state index in [-0.39, 0.29) is 0 Å². The van der Waals surface area contributed by atoms with Gasteiger partial charge in [-0.25, -0.2) is 0 Å². The van der Waals surface area contributed by atoms with Gasteiger partial charge in [-0.2, -0.15) is 0 Å². The maximum absolute atomic E-state index is 6.15. The third-order valence-electron chi connectivity index (χ3n) is 11.2. The fraction of sp³-hybridized carbons (Fsp3) is 0. The minimum absolute atomic E-state index is 0.726. The van der Waals surface area contributed by atoms with E-state index in [1.54, 1.807) is 0 Å². The van der Waals surface area contributed by atoms with Crippen LogP contribution < -0.4 is 0 Å². The average molecular weight is 903 g/mol. The van der Waals surface area contributed by atoms with Crippen molar-refractivity contribution in [3.8, 4) is 0 Å². The molecule has 8 aromatic carbocycles. The van der Waals surface area contributed by atoms with Crippen molar-refractivity contribution >= 4 is 117 Å². The van der Waals surface area contributed by atoms with Crippen LogP contribution in [0.4, 0.5) is 0 Å². The van der Waals surface area contributed by atoms with E-state index in [2.05, 4.69) is 146 Å². The van der Waals surface area contributed by atoms with Gasteiger partial charge in [-0.15, -0.1) is 0 Å². The standard InChI is InChI=1S/C60H40Cl4/c61-53-33-17-45(18-34-53)5-1-41-9-25-49(26-10-41)57-58(50-27-11-42(12-28-50)2-6-46-19-35-54(62)36-20-46)60(52-31-15-44(16-32-52)4-8-48-23-39-56(64)40-24-48)59(57)51-29-13-43(14-30-51)3-7-47-21-37-55(63)38-22-47/h1-40H/b5-1+,6-2+,7-3+,8-4+. The summed E-state index contributed by atoms with van der Waals surface area (Å²) in [4.78, 5) is 0. The van der Waals surface area contributed by atoms with E-state index in [4.69, 9.17) is 46.4 Å². The van der Waals surface area contributed by atoms with Crippen molar-refractivity contribution in [2.45, 2.75) is 0 Å². The van der Waals surface area contributed by atoms with E-state index in [0.29, 0.717) is 0 Å². The van der Waals surface area contributed by atoms with Crippen LogP contribution in [-0.4, -0.2) is 0 Å². The summed E-state index contributed by atoms with van der Waals surface area (Å²) in [5.41, 5.74) is 18.3. The molecule has 308 valence electrons. The van der Waals surface area contributed by atoms with Crippen LogP contribution in [0, 0.1) is 0 Å². The van der Waals surface area contributed by atoms with Gasteiger partial charge in [-0.1, -0.05) is 241 Å². The van der Waals surface area contributed by atoms with Crippen molar-refractivity contribution in [1.29, 1.82) is 0 Å². The highest BCUT2D eigenvalue weighted by Crippen LogP contribution is 2.56. The lowest BCUT2D eigenvalue weighted by atomic mass is 9.69. The SMILES string of the molecule is Clc1ccc(/C=C/c2ccc(C3=C(c4ccc(/C=C/c5ccc(Cl)cc5)cc4)C(c4ccc(/C=C/c5ccc(Cl)cc5)cc4)=C3c3ccc(/C=C/c4ccc(Cl)cc4)cc3)cc2)cc1. The van der Waals surface area contributed by atoms with E-state index in [1.807, 2.05) is 97.1 Å². The van der Waals surface area contributed by atoms with Gasteiger partial charge in [0.1, 0.15) is 0 Å². The van der Waals surface area contributed by atoms with E-state index in [9.17, 15) is 0 Å². The molecule has 0 bridgehead atoms. The van der Waals surface area contributed by atoms with Gasteiger partial charge in [-0.3, -0.25) is 0 Å². The van der Waals surface area contributed by atoms with Gasteiger partial charge >= 0.3 is 0 Å². The largest absolute Gasteiger partial charge is 0.0843 e. The van der Waals surface area contributed by atoms with E-state index in [0.717, 1.165) is 86.9 Å². The Bertz CT molecular complexity index is 2630. The molecule has 0 amide bonds. The number of halogens is 4. The zero-order valence-corrected chi connectivity index (χ0v) is 37.6. The summed E-state index contributed by atoms with van der Waals surface area (Å²) in [6.07, 6.45) is 17.0. The molecule has 0 saturated carbocycles. The highest BCUT2D eigenvalue weighted by atomic mass is 35.5. The van der Waals surface area contributed by atoms with Crippen molar-refractivity contribution in [3.05, 3.63) is 281 Å². The maximum atomic E-state index is 6.15. The Morgan fingerprint density at radius 1 is 0.172 bits per heavy atom. The summed E-state index contributed by atoms with van der Waals surface area (Å²) in [5, 5.41) is 2.90. The molecular weight excluding hydrogens is 862 g/mol. The lowest BCUT2D eigenvalue weighted by Crippen LogP contribution is -2.10. The van der Waals surface area contributed by atoms with Crippen LogP contribution >= 0.6 is 46.4 Å². The first-order valence-corrected chi connectivity index (χ1v) is 22.5. The van der Waals surface area contributed by atoms with Crippen LogP contribution in [0.3, 0.4) is 0 Å². The molecule has 4 heteroatoms. The Labute approximate surface area is 395 Å². The van der Waals surface area contributed by atoms with Crippen LogP contribution in [0.25, 0.3) is 70.9 Å². The molecular formula is C60H40Cl4. The Morgan fingerprint density at radius 3 is 0.438 bits per heavy atom. The van der Waals surface area contributed by atoms with E-state index >= 15 is 0 Å². The number of hydrogen-bond donors (Lipinski definition) is 0. The van der Waals surface area contributed by atoms with Gasteiger partial charge in [0.05, 0.1) is 0 Å². The highest BCUT2D eigenvalue weighted by molar-refractivity contribution is 6.43. The molecule has 0 atom stereocenters.